The second-order valence-electron chi connectivity index (χ2n) is 5.13. The number of nitrogens with zero attached hydrogens (tertiary/aromatic N) is 4. The lowest BCUT2D eigenvalue weighted by Gasteiger charge is -2.07. The van der Waals surface area contributed by atoms with E-state index in [0.717, 1.165) is 4.09 Å². The van der Waals surface area contributed by atoms with E-state index in [1.165, 1.54) is 24.3 Å². The lowest BCUT2D eigenvalue weighted by atomic mass is 10.2. The summed E-state index contributed by atoms with van der Waals surface area (Å²) < 4.78 is 26.4. The molecular formula is C17H13N5O3S. The summed E-state index contributed by atoms with van der Waals surface area (Å²) in [5, 5.41) is 13.4. The molecule has 0 atom stereocenters. The Labute approximate surface area is 149 Å². The van der Waals surface area contributed by atoms with Crippen molar-refractivity contribution >= 4 is 15.9 Å². The van der Waals surface area contributed by atoms with Crippen LogP contribution in [-0.2, 0) is 10.0 Å². The standard InChI is InChI=1S/C17H13N5O3S/c1-2-12-18-17(23)14-8-10-15(11-9-14)26(24,25)22-16(19-20-21-22)13-6-4-3-5-7-13/h1,3-11H,12H2,(H,18,23). The van der Waals surface area contributed by atoms with Gasteiger partial charge < -0.3 is 5.32 Å². The molecule has 0 spiro atoms. The van der Waals surface area contributed by atoms with Crippen molar-refractivity contribution in [3.8, 4) is 23.7 Å². The van der Waals surface area contributed by atoms with Crippen LogP contribution in [0.4, 0.5) is 0 Å². The molecule has 3 rings (SSSR count). The molecule has 1 heterocycles. The topological polar surface area (TPSA) is 107 Å². The molecule has 1 aromatic heterocycles. The molecule has 1 N–H and O–H groups in total. The highest BCUT2D eigenvalue weighted by atomic mass is 32.2. The molecular weight excluding hydrogens is 354 g/mol. The average Bonchev–Trinajstić information content (AvgIpc) is 3.17. The molecule has 0 saturated carbocycles. The third-order valence-electron chi connectivity index (χ3n) is 3.47. The zero-order valence-corrected chi connectivity index (χ0v) is 14.2. The lowest BCUT2D eigenvalue weighted by molar-refractivity contribution is 0.0958. The minimum atomic E-state index is -4.02. The quantitative estimate of drug-likeness (QED) is 0.673. The number of nitrogens with one attached hydrogen (secondary N) is 1. The van der Waals surface area contributed by atoms with Crippen molar-refractivity contribution in [2.75, 3.05) is 6.54 Å². The SMILES string of the molecule is C#CCNC(=O)c1ccc(S(=O)(=O)n2nnnc2-c2ccccc2)cc1. The molecule has 0 aliphatic carbocycles. The second kappa shape index (κ2) is 7.16. The number of aromatic nitrogens is 4. The van der Waals surface area contributed by atoms with Gasteiger partial charge in [0.2, 0.25) is 0 Å². The van der Waals surface area contributed by atoms with Crippen LogP contribution in [0, 0.1) is 12.3 Å². The third-order valence-corrected chi connectivity index (χ3v) is 5.04. The summed E-state index contributed by atoms with van der Waals surface area (Å²) >= 11 is 0. The van der Waals surface area contributed by atoms with Gasteiger partial charge in [0.15, 0.2) is 5.82 Å². The number of carbonyl (C=O) groups is 1. The van der Waals surface area contributed by atoms with Crippen molar-refractivity contribution in [3.05, 3.63) is 60.2 Å². The number of hydrogen-bond donors (Lipinski definition) is 1. The maximum atomic E-state index is 12.8. The fourth-order valence-electron chi connectivity index (χ4n) is 2.21. The molecule has 130 valence electrons. The van der Waals surface area contributed by atoms with Crippen LogP contribution in [0.5, 0.6) is 0 Å². The minimum absolute atomic E-state index is 0.0459. The van der Waals surface area contributed by atoms with E-state index in [-0.39, 0.29) is 23.2 Å². The van der Waals surface area contributed by atoms with Crippen molar-refractivity contribution < 1.29 is 13.2 Å². The van der Waals surface area contributed by atoms with Gasteiger partial charge in [-0.15, -0.1) is 15.6 Å². The molecule has 26 heavy (non-hydrogen) atoms. The molecule has 3 aromatic rings. The number of terminal acetylenes is 1. The Morgan fingerprint density at radius 1 is 1.12 bits per heavy atom. The number of amides is 1. The van der Waals surface area contributed by atoms with Crippen LogP contribution >= 0.6 is 0 Å². The first-order valence-corrected chi connectivity index (χ1v) is 8.89. The molecule has 0 aliphatic rings. The first kappa shape index (κ1) is 17.3. The van der Waals surface area contributed by atoms with Crippen molar-refractivity contribution in [2.45, 2.75) is 4.90 Å². The maximum absolute atomic E-state index is 12.8. The van der Waals surface area contributed by atoms with E-state index in [9.17, 15) is 13.2 Å². The molecule has 0 saturated heterocycles. The van der Waals surface area contributed by atoms with Gasteiger partial charge in [-0.05, 0) is 34.7 Å². The molecule has 9 heteroatoms. The van der Waals surface area contributed by atoms with Crippen molar-refractivity contribution in [2.24, 2.45) is 0 Å². The van der Waals surface area contributed by atoms with E-state index in [1.807, 2.05) is 0 Å². The number of rotatable bonds is 5. The highest BCUT2D eigenvalue weighted by Crippen LogP contribution is 2.21. The van der Waals surface area contributed by atoms with Gasteiger partial charge in [0.25, 0.3) is 15.9 Å². The highest BCUT2D eigenvalue weighted by molar-refractivity contribution is 7.90. The fourth-order valence-corrected chi connectivity index (χ4v) is 3.39. The Bertz CT molecular complexity index is 1070. The third kappa shape index (κ3) is 3.31. The number of tetrazole rings is 1. The Morgan fingerprint density at radius 3 is 2.46 bits per heavy atom. The largest absolute Gasteiger partial charge is 0.341 e. The molecule has 0 radical (unpaired) electrons. The van der Waals surface area contributed by atoms with Gasteiger partial charge in [0, 0.05) is 11.1 Å². The predicted octanol–water partition coefficient (Wildman–Crippen LogP) is 0.940. The Balaban J connectivity index is 1.94. The van der Waals surface area contributed by atoms with Crippen molar-refractivity contribution in [1.82, 2.24) is 24.9 Å². The molecule has 2 aromatic carbocycles. The number of benzene rings is 2. The van der Waals surface area contributed by atoms with Gasteiger partial charge in [-0.25, -0.2) is 0 Å². The smallest absolute Gasteiger partial charge is 0.286 e. The van der Waals surface area contributed by atoms with Gasteiger partial charge >= 0.3 is 0 Å². The molecule has 0 unspecified atom stereocenters. The zero-order valence-electron chi connectivity index (χ0n) is 13.4. The minimum Gasteiger partial charge on any atom is -0.341 e. The van der Waals surface area contributed by atoms with E-state index < -0.39 is 10.0 Å². The van der Waals surface area contributed by atoms with Crippen LogP contribution in [0.15, 0.2) is 59.5 Å². The van der Waals surface area contributed by atoms with Crippen LogP contribution < -0.4 is 5.32 Å². The molecule has 1 amide bonds. The average molecular weight is 367 g/mol. The first-order valence-electron chi connectivity index (χ1n) is 7.45. The van der Waals surface area contributed by atoms with Crippen LogP contribution in [0.3, 0.4) is 0 Å². The Morgan fingerprint density at radius 2 is 1.81 bits per heavy atom. The molecule has 0 bridgehead atoms. The van der Waals surface area contributed by atoms with E-state index in [2.05, 4.69) is 26.8 Å². The van der Waals surface area contributed by atoms with Gasteiger partial charge in [0.05, 0.1) is 11.4 Å². The summed E-state index contributed by atoms with van der Waals surface area (Å²) in [5.41, 5.74) is 0.852. The van der Waals surface area contributed by atoms with E-state index in [0.29, 0.717) is 11.1 Å². The van der Waals surface area contributed by atoms with Gasteiger partial charge in [-0.2, -0.15) is 8.42 Å². The fraction of sp³-hybridized carbons (Fsp3) is 0.0588. The summed E-state index contributed by atoms with van der Waals surface area (Å²) in [4.78, 5) is 11.8. The van der Waals surface area contributed by atoms with Gasteiger partial charge in [0.1, 0.15) is 0 Å². The van der Waals surface area contributed by atoms with E-state index in [4.69, 9.17) is 6.42 Å². The van der Waals surface area contributed by atoms with Crippen molar-refractivity contribution in [1.29, 1.82) is 0 Å². The Hall–Kier alpha value is -3.51. The van der Waals surface area contributed by atoms with Crippen LogP contribution in [0.2, 0.25) is 0 Å². The summed E-state index contributed by atoms with van der Waals surface area (Å²) in [5.74, 6) is 2.00. The normalized spacial score (nSPS) is 10.9. The van der Waals surface area contributed by atoms with E-state index >= 15 is 0 Å². The van der Waals surface area contributed by atoms with Crippen LogP contribution in [0.25, 0.3) is 11.4 Å². The monoisotopic (exact) mass is 367 g/mol. The maximum Gasteiger partial charge on any atom is 0.286 e. The van der Waals surface area contributed by atoms with Gasteiger partial charge in [-0.1, -0.05) is 36.3 Å². The highest BCUT2D eigenvalue weighted by Gasteiger charge is 2.24. The Kier molecular flexibility index (Phi) is 4.77. The molecule has 0 fully saturated rings. The predicted molar refractivity (Wildman–Crippen MR) is 93.4 cm³/mol. The second-order valence-corrected chi connectivity index (χ2v) is 6.90. The summed E-state index contributed by atoms with van der Waals surface area (Å²) in [6.45, 7) is 0.0872. The summed E-state index contributed by atoms with van der Waals surface area (Å²) in [6.07, 6.45) is 5.09. The summed E-state index contributed by atoms with van der Waals surface area (Å²) in [6, 6.07) is 14.1. The van der Waals surface area contributed by atoms with Gasteiger partial charge in [-0.3, -0.25) is 4.79 Å². The van der Waals surface area contributed by atoms with E-state index in [1.54, 1.807) is 30.3 Å². The van der Waals surface area contributed by atoms with Crippen LogP contribution in [-0.4, -0.2) is 40.5 Å². The first-order chi connectivity index (χ1) is 12.5. The lowest BCUT2D eigenvalue weighted by Crippen LogP contribution is -2.23. The number of hydrogen-bond acceptors (Lipinski definition) is 6. The van der Waals surface area contributed by atoms with Crippen molar-refractivity contribution in [3.63, 3.8) is 0 Å². The molecule has 0 aliphatic heterocycles. The molecule has 8 nitrogen and oxygen atoms in total. The zero-order chi connectivity index (χ0) is 18.6. The van der Waals surface area contributed by atoms with Crippen LogP contribution in [0.1, 0.15) is 10.4 Å². The number of carbonyl (C=O) groups excluding carboxylic acids is 1. The summed E-state index contributed by atoms with van der Waals surface area (Å²) in [7, 11) is -4.02.